The van der Waals surface area contributed by atoms with Gasteiger partial charge >= 0.3 is 12.4 Å². The largest absolute Gasteiger partial charge is 0.478 e. The molecule has 3 aromatic heterocycles. The molecule has 0 N–H and O–H groups in total. The number of rotatable bonds is 8. The minimum absolute atomic E-state index is 0.00585. The first kappa shape index (κ1) is 26.1. The van der Waals surface area contributed by atoms with Crippen LogP contribution in [0, 0.1) is 6.92 Å². The number of hydrogen-bond donors (Lipinski definition) is 0. The number of aryl methyl sites for hydroxylation is 3. The average Bonchev–Trinajstić information content (AvgIpc) is 3.15. The zero-order chi connectivity index (χ0) is 26.0. The number of alkyl halides is 6. The fourth-order valence-corrected chi connectivity index (χ4v) is 3.43. The van der Waals surface area contributed by atoms with Crippen LogP contribution in [0.15, 0.2) is 24.5 Å². The summed E-state index contributed by atoms with van der Waals surface area (Å²) < 4.78 is 85.5. The predicted molar refractivity (Wildman–Crippen MR) is 111 cm³/mol. The lowest BCUT2D eigenvalue weighted by Crippen LogP contribution is -2.12. The molecule has 35 heavy (non-hydrogen) atoms. The van der Waals surface area contributed by atoms with E-state index in [0.29, 0.717) is 11.3 Å². The van der Waals surface area contributed by atoms with Gasteiger partial charge in [0, 0.05) is 32.3 Å². The topological polar surface area (TPSA) is 82.8 Å². The molecule has 0 fully saturated rings. The first-order valence-electron chi connectivity index (χ1n) is 10.4. The van der Waals surface area contributed by atoms with Crippen LogP contribution in [0.1, 0.15) is 41.4 Å². The van der Waals surface area contributed by atoms with Gasteiger partial charge in [0.05, 0.1) is 23.6 Å². The van der Waals surface area contributed by atoms with Crippen LogP contribution < -0.4 is 4.74 Å². The third kappa shape index (κ3) is 6.34. The maximum atomic E-state index is 13.3. The Bertz CT molecular complexity index is 1220. The van der Waals surface area contributed by atoms with Crippen LogP contribution in [0.4, 0.5) is 26.3 Å². The number of carbonyl (C=O) groups is 1. The minimum atomic E-state index is -4.69. The summed E-state index contributed by atoms with van der Waals surface area (Å²) in [6.07, 6.45) is -7.22. The van der Waals surface area contributed by atoms with Crippen molar-refractivity contribution in [1.29, 1.82) is 0 Å². The van der Waals surface area contributed by atoms with E-state index in [2.05, 4.69) is 20.3 Å². The van der Waals surface area contributed by atoms with Gasteiger partial charge in [-0.3, -0.25) is 9.48 Å². The zero-order valence-electron chi connectivity index (χ0n) is 19.0. The van der Waals surface area contributed by atoms with Gasteiger partial charge in [0.15, 0.2) is 5.69 Å². The van der Waals surface area contributed by atoms with E-state index in [9.17, 15) is 31.1 Å². The lowest BCUT2D eigenvalue weighted by atomic mass is 10.0. The van der Waals surface area contributed by atoms with E-state index in [1.807, 2.05) is 0 Å². The summed E-state index contributed by atoms with van der Waals surface area (Å²) >= 11 is 0. The van der Waals surface area contributed by atoms with E-state index in [1.165, 1.54) is 26.2 Å². The summed E-state index contributed by atoms with van der Waals surface area (Å²) in [6, 6.07) is 2.35. The van der Waals surface area contributed by atoms with Crippen molar-refractivity contribution in [3.05, 3.63) is 52.6 Å². The smallest absolute Gasteiger partial charge is 0.435 e. The van der Waals surface area contributed by atoms with Crippen LogP contribution in [0.25, 0.3) is 11.3 Å². The maximum Gasteiger partial charge on any atom is 0.435 e. The number of ether oxygens (including phenoxy) is 1. The average molecular weight is 501 g/mol. The Kier molecular flexibility index (Phi) is 7.46. The number of aromatic nitrogens is 5. The molecule has 0 radical (unpaired) electrons. The van der Waals surface area contributed by atoms with Gasteiger partial charge in [-0.2, -0.15) is 36.5 Å². The molecule has 0 amide bonds. The summed E-state index contributed by atoms with van der Waals surface area (Å²) in [6.45, 7) is 3.10. The standard InChI is InChI=1S/C22H21F6N5O2/c1-4-35-20-17(21(23,24)25)9-13(10-29-20)8-15(34)6-5-14-7-12(2)18(31-30-14)16-11-33(3)32-19(16)22(26,27)28/h7,9-11H,4-6,8H2,1-3H3. The Labute approximate surface area is 196 Å². The van der Waals surface area contributed by atoms with Crippen LogP contribution in [-0.4, -0.2) is 37.4 Å². The first-order chi connectivity index (χ1) is 16.3. The first-order valence-corrected chi connectivity index (χ1v) is 10.4. The highest BCUT2D eigenvalue weighted by Gasteiger charge is 2.38. The van der Waals surface area contributed by atoms with Crippen molar-refractivity contribution in [3.8, 4) is 17.1 Å². The normalized spacial score (nSPS) is 12.1. The second-order valence-electron chi connectivity index (χ2n) is 7.77. The maximum absolute atomic E-state index is 13.3. The van der Waals surface area contributed by atoms with Gasteiger partial charge in [-0.05, 0) is 43.5 Å². The van der Waals surface area contributed by atoms with Crippen LogP contribution in [0.3, 0.4) is 0 Å². The molecule has 188 valence electrons. The van der Waals surface area contributed by atoms with E-state index < -0.39 is 29.5 Å². The Morgan fingerprint density at radius 3 is 2.40 bits per heavy atom. The highest BCUT2D eigenvalue weighted by Crippen LogP contribution is 2.37. The van der Waals surface area contributed by atoms with E-state index in [0.717, 1.165) is 16.9 Å². The molecule has 0 spiro atoms. The number of Topliss-reactive ketones (excluding diaryl/α,β-unsaturated/α-hetero) is 1. The van der Waals surface area contributed by atoms with Crippen LogP contribution in [0.2, 0.25) is 0 Å². The van der Waals surface area contributed by atoms with Gasteiger partial charge in [0.2, 0.25) is 5.88 Å². The Morgan fingerprint density at radius 1 is 1.09 bits per heavy atom. The molecule has 3 heterocycles. The fourth-order valence-electron chi connectivity index (χ4n) is 3.43. The lowest BCUT2D eigenvalue weighted by Gasteiger charge is -2.13. The summed E-state index contributed by atoms with van der Waals surface area (Å²) in [5.74, 6) is -0.913. The van der Waals surface area contributed by atoms with Crippen LogP contribution in [0.5, 0.6) is 5.88 Å². The molecular weight excluding hydrogens is 480 g/mol. The van der Waals surface area contributed by atoms with Crippen LogP contribution in [-0.2, 0) is 37.0 Å². The molecule has 3 aromatic rings. The fraction of sp³-hybridized carbons (Fsp3) is 0.409. The van der Waals surface area contributed by atoms with Gasteiger partial charge in [-0.1, -0.05) is 0 Å². The molecular formula is C22H21F6N5O2. The number of carbonyl (C=O) groups excluding carboxylic acids is 1. The van der Waals surface area contributed by atoms with Gasteiger partial charge in [0.25, 0.3) is 0 Å². The highest BCUT2D eigenvalue weighted by atomic mass is 19.4. The van der Waals surface area contributed by atoms with Crippen molar-refractivity contribution >= 4 is 5.78 Å². The second-order valence-corrected chi connectivity index (χ2v) is 7.77. The predicted octanol–water partition coefficient (Wildman–Crippen LogP) is 4.76. The lowest BCUT2D eigenvalue weighted by molar-refractivity contribution is -0.141. The number of pyridine rings is 1. The van der Waals surface area contributed by atoms with E-state index in [-0.39, 0.29) is 48.5 Å². The molecule has 7 nitrogen and oxygen atoms in total. The van der Waals surface area contributed by atoms with Crippen molar-refractivity contribution in [2.75, 3.05) is 6.61 Å². The van der Waals surface area contributed by atoms with Crippen molar-refractivity contribution in [2.45, 2.75) is 45.5 Å². The molecule has 0 saturated heterocycles. The monoisotopic (exact) mass is 501 g/mol. The summed E-state index contributed by atoms with van der Waals surface area (Å²) in [7, 11) is 1.36. The summed E-state index contributed by atoms with van der Waals surface area (Å²) in [4.78, 5) is 16.0. The van der Waals surface area contributed by atoms with Crippen LogP contribution >= 0.6 is 0 Å². The SMILES string of the molecule is CCOc1ncc(CC(=O)CCc2cc(C)c(-c3cn(C)nc3C(F)(F)F)nn2)cc1C(F)(F)F. The van der Waals surface area contributed by atoms with Gasteiger partial charge in [0.1, 0.15) is 11.3 Å². The minimum Gasteiger partial charge on any atom is -0.478 e. The molecule has 0 atom stereocenters. The Balaban J connectivity index is 1.70. The third-order valence-corrected chi connectivity index (χ3v) is 4.94. The molecule has 0 aliphatic heterocycles. The molecule has 0 unspecified atom stereocenters. The van der Waals surface area contributed by atoms with Crippen molar-refractivity contribution in [3.63, 3.8) is 0 Å². The molecule has 0 bridgehead atoms. The quantitative estimate of drug-likeness (QED) is 0.414. The highest BCUT2D eigenvalue weighted by molar-refractivity contribution is 5.81. The van der Waals surface area contributed by atoms with E-state index in [1.54, 1.807) is 6.92 Å². The third-order valence-electron chi connectivity index (χ3n) is 4.94. The number of hydrogen-bond acceptors (Lipinski definition) is 6. The van der Waals surface area contributed by atoms with Gasteiger partial charge in [-0.15, -0.1) is 5.10 Å². The van der Waals surface area contributed by atoms with Gasteiger partial charge in [-0.25, -0.2) is 4.98 Å². The molecule has 13 heteroatoms. The van der Waals surface area contributed by atoms with Crippen molar-refractivity contribution in [2.24, 2.45) is 7.05 Å². The van der Waals surface area contributed by atoms with E-state index >= 15 is 0 Å². The summed E-state index contributed by atoms with van der Waals surface area (Å²) in [5, 5.41) is 11.3. The van der Waals surface area contributed by atoms with Gasteiger partial charge < -0.3 is 4.74 Å². The summed E-state index contributed by atoms with van der Waals surface area (Å²) in [5.41, 5.74) is -1.49. The number of halogens is 6. The zero-order valence-corrected chi connectivity index (χ0v) is 19.0. The van der Waals surface area contributed by atoms with Crippen molar-refractivity contribution in [1.82, 2.24) is 25.0 Å². The van der Waals surface area contributed by atoms with E-state index in [4.69, 9.17) is 4.74 Å². The second kappa shape index (κ2) is 10.0. The molecule has 0 saturated carbocycles. The number of nitrogens with zero attached hydrogens (tertiary/aromatic N) is 5. The molecule has 0 aliphatic carbocycles. The molecule has 3 rings (SSSR count). The van der Waals surface area contributed by atoms with Crippen molar-refractivity contribution < 1.29 is 35.9 Å². The molecule has 0 aromatic carbocycles. The Morgan fingerprint density at radius 2 is 1.80 bits per heavy atom. The molecule has 0 aliphatic rings. The Hall–Kier alpha value is -3.51. The number of ketones is 1.